The van der Waals surface area contributed by atoms with Crippen LogP contribution in [0.2, 0.25) is 5.02 Å². The first-order chi connectivity index (χ1) is 7.67. The first-order valence-electron chi connectivity index (χ1n) is 5.40. The third kappa shape index (κ3) is 4.40. The highest BCUT2D eigenvalue weighted by Gasteiger charge is 2.07. The number of nitrogens with one attached hydrogen (secondary N) is 1. The van der Waals surface area contributed by atoms with Gasteiger partial charge >= 0.3 is 0 Å². The molecule has 0 heterocycles. The highest BCUT2D eigenvalue weighted by molar-refractivity contribution is 9.09. The molecule has 0 aliphatic rings. The van der Waals surface area contributed by atoms with Crippen LogP contribution in [0.5, 0.6) is 0 Å². The van der Waals surface area contributed by atoms with Gasteiger partial charge in [0.05, 0.1) is 0 Å². The van der Waals surface area contributed by atoms with Crippen molar-refractivity contribution in [1.29, 1.82) is 0 Å². The van der Waals surface area contributed by atoms with E-state index in [0.717, 1.165) is 18.2 Å². The smallest absolute Gasteiger partial charge is 0.127 e. The maximum absolute atomic E-state index is 13.4. The second-order valence-electron chi connectivity index (χ2n) is 3.70. The Morgan fingerprint density at radius 2 is 2.25 bits per heavy atom. The topological polar surface area (TPSA) is 12.0 Å². The first kappa shape index (κ1) is 13.9. The van der Waals surface area contributed by atoms with Crippen LogP contribution in [0.1, 0.15) is 25.3 Å². The van der Waals surface area contributed by atoms with Gasteiger partial charge in [-0.1, -0.05) is 34.5 Å². The van der Waals surface area contributed by atoms with Crippen molar-refractivity contribution in [3.63, 3.8) is 0 Å². The van der Waals surface area contributed by atoms with Crippen molar-refractivity contribution in [3.8, 4) is 0 Å². The summed E-state index contributed by atoms with van der Waals surface area (Å²) in [5.41, 5.74) is 0.625. The zero-order valence-corrected chi connectivity index (χ0v) is 11.6. The van der Waals surface area contributed by atoms with E-state index < -0.39 is 0 Å². The summed E-state index contributed by atoms with van der Waals surface area (Å²) < 4.78 is 13.4. The van der Waals surface area contributed by atoms with Crippen LogP contribution in [0.3, 0.4) is 0 Å². The SMILES string of the molecule is CCC(CCBr)NCc1cc(Cl)ccc1F. The third-order valence-corrected chi connectivity index (χ3v) is 3.23. The molecular weight excluding hydrogens is 292 g/mol. The zero-order chi connectivity index (χ0) is 12.0. The van der Waals surface area contributed by atoms with E-state index in [1.54, 1.807) is 12.1 Å². The Bertz CT molecular complexity index is 333. The predicted octanol–water partition coefficient (Wildman–Crippen LogP) is 4.13. The number of hydrogen-bond donors (Lipinski definition) is 1. The molecule has 0 spiro atoms. The van der Waals surface area contributed by atoms with E-state index in [1.165, 1.54) is 6.07 Å². The Hall–Kier alpha value is -0.120. The molecular formula is C12H16BrClFN. The average molecular weight is 309 g/mol. The number of rotatable bonds is 6. The Morgan fingerprint density at radius 3 is 2.88 bits per heavy atom. The van der Waals surface area contributed by atoms with Gasteiger partial charge in [0.1, 0.15) is 5.82 Å². The standard InChI is InChI=1S/C12H16BrClFN/c1-2-11(5-6-13)16-8-9-7-10(14)3-4-12(9)15/h3-4,7,11,16H,2,5-6,8H2,1H3. The lowest BCUT2D eigenvalue weighted by molar-refractivity contribution is 0.478. The Kier molecular flexibility index (Phi) is 6.32. The van der Waals surface area contributed by atoms with Crippen molar-refractivity contribution in [2.45, 2.75) is 32.4 Å². The molecule has 1 unspecified atom stereocenters. The zero-order valence-electron chi connectivity index (χ0n) is 9.27. The van der Waals surface area contributed by atoms with Crippen molar-refractivity contribution >= 4 is 27.5 Å². The van der Waals surface area contributed by atoms with Gasteiger partial charge in [-0.05, 0) is 31.0 Å². The van der Waals surface area contributed by atoms with Crippen LogP contribution in [0.4, 0.5) is 4.39 Å². The molecule has 1 rings (SSSR count). The summed E-state index contributed by atoms with van der Waals surface area (Å²) >= 11 is 9.23. The lowest BCUT2D eigenvalue weighted by Gasteiger charge is -2.16. The fourth-order valence-corrected chi connectivity index (χ4v) is 2.26. The molecule has 0 aromatic heterocycles. The van der Waals surface area contributed by atoms with Crippen LogP contribution in [0, 0.1) is 5.82 Å². The number of benzene rings is 1. The van der Waals surface area contributed by atoms with Crippen molar-refractivity contribution < 1.29 is 4.39 Å². The normalized spacial score (nSPS) is 12.8. The molecule has 0 fully saturated rings. The summed E-state index contributed by atoms with van der Waals surface area (Å²) in [5.74, 6) is -0.203. The molecule has 1 N–H and O–H groups in total. The van der Waals surface area contributed by atoms with Gasteiger partial charge < -0.3 is 5.32 Å². The molecule has 0 amide bonds. The van der Waals surface area contributed by atoms with Gasteiger partial charge in [-0.15, -0.1) is 0 Å². The third-order valence-electron chi connectivity index (χ3n) is 2.54. The molecule has 0 saturated carbocycles. The van der Waals surface area contributed by atoms with Crippen LogP contribution in [-0.4, -0.2) is 11.4 Å². The largest absolute Gasteiger partial charge is 0.310 e. The van der Waals surface area contributed by atoms with Crippen molar-refractivity contribution in [2.75, 3.05) is 5.33 Å². The van der Waals surface area contributed by atoms with Crippen LogP contribution in [0.25, 0.3) is 0 Å². The van der Waals surface area contributed by atoms with Gasteiger partial charge in [0, 0.05) is 28.5 Å². The Labute approximate surface area is 110 Å². The Morgan fingerprint density at radius 1 is 1.50 bits per heavy atom. The minimum absolute atomic E-state index is 0.203. The maximum atomic E-state index is 13.4. The van der Waals surface area contributed by atoms with Crippen LogP contribution >= 0.6 is 27.5 Å². The first-order valence-corrected chi connectivity index (χ1v) is 6.90. The van der Waals surface area contributed by atoms with E-state index in [2.05, 4.69) is 28.2 Å². The van der Waals surface area contributed by atoms with E-state index >= 15 is 0 Å². The monoisotopic (exact) mass is 307 g/mol. The molecule has 4 heteroatoms. The maximum Gasteiger partial charge on any atom is 0.127 e. The minimum Gasteiger partial charge on any atom is -0.310 e. The fourth-order valence-electron chi connectivity index (χ4n) is 1.52. The van der Waals surface area contributed by atoms with Crippen molar-refractivity contribution in [1.82, 2.24) is 5.32 Å². The van der Waals surface area contributed by atoms with Gasteiger partial charge in [0.15, 0.2) is 0 Å². The average Bonchev–Trinajstić information content (AvgIpc) is 2.28. The van der Waals surface area contributed by atoms with Crippen molar-refractivity contribution in [3.05, 3.63) is 34.6 Å². The summed E-state index contributed by atoms with van der Waals surface area (Å²) in [6.45, 7) is 2.65. The molecule has 1 nitrogen and oxygen atoms in total. The van der Waals surface area contributed by atoms with Crippen LogP contribution in [0.15, 0.2) is 18.2 Å². The van der Waals surface area contributed by atoms with E-state index in [0.29, 0.717) is 23.2 Å². The van der Waals surface area contributed by atoms with E-state index in [1.807, 2.05) is 0 Å². The van der Waals surface area contributed by atoms with E-state index in [-0.39, 0.29) is 5.82 Å². The van der Waals surface area contributed by atoms with Gasteiger partial charge in [-0.2, -0.15) is 0 Å². The fraction of sp³-hybridized carbons (Fsp3) is 0.500. The molecule has 1 aromatic carbocycles. The molecule has 0 radical (unpaired) electrons. The predicted molar refractivity (Wildman–Crippen MR) is 70.7 cm³/mol. The molecule has 1 aromatic rings. The quantitative estimate of drug-likeness (QED) is 0.779. The summed E-state index contributed by atoms with van der Waals surface area (Å²) in [5, 5.41) is 4.86. The van der Waals surface area contributed by atoms with Gasteiger partial charge in [0.25, 0.3) is 0 Å². The molecule has 0 bridgehead atoms. The number of alkyl halides is 1. The molecule has 90 valence electrons. The highest BCUT2D eigenvalue weighted by atomic mass is 79.9. The van der Waals surface area contributed by atoms with Gasteiger partial charge in [-0.25, -0.2) is 4.39 Å². The molecule has 0 aliphatic carbocycles. The van der Waals surface area contributed by atoms with Crippen LogP contribution < -0.4 is 5.32 Å². The Balaban J connectivity index is 2.55. The minimum atomic E-state index is -0.203. The number of halogens is 3. The second-order valence-corrected chi connectivity index (χ2v) is 4.93. The van der Waals surface area contributed by atoms with Gasteiger partial charge in [0.2, 0.25) is 0 Å². The molecule has 16 heavy (non-hydrogen) atoms. The second kappa shape index (κ2) is 7.25. The number of hydrogen-bond acceptors (Lipinski definition) is 1. The summed E-state index contributed by atoms with van der Waals surface area (Å²) in [4.78, 5) is 0. The van der Waals surface area contributed by atoms with Crippen LogP contribution in [-0.2, 0) is 6.54 Å². The molecule has 0 aliphatic heterocycles. The lowest BCUT2D eigenvalue weighted by atomic mass is 10.1. The summed E-state index contributed by atoms with van der Waals surface area (Å²) in [6, 6.07) is 5.06. The van der Waals surface area contributed by atoms with Crippen molar-refractivity contribution in [2.24, 2.45) is 0 Å². The summed E-state index contributed by atoms with van der Waals surface area (Å²) in [7, 11) is 0. The lowest BCUT2D eigenvalue weighted by Crippen LogP contribution is -2.28. The molecule has 1 atom stereocenters. The highest BCUT2D eigenvalue weighted by Crippen LogP contribution is 2.15. The molecule has 0 saturated heterocycles. The summed E-state index contributed by atoms with van der Waals surface area (Å²) in [6.07, 6.45) is 2.08. The van der Waals surface area contributed by atoms with E-state index in [4.69, 9.17) is 11.6 Å². The van der Waals surface area contributed by atoms with Gasteiger partial charge in [-0.3, -0.25) is 0 Å². The van der Waals surface area contributed by atoms with E-state index in [9.17, 15) is 4.39 Å².